The van der Waals surface area contributed by atoms with Crippen LogP contribution >= 0.6 is 0 Å². The molecule has 0 aliphatic rings. The Labute approximate surface area is 434 Å². The Hall–Kier alpha value is -5.23. The lowest BCUT2D eigenvalue weighted by Gasteiger charge is -2.18. The number of hydrogen-bond donors (Lipinski definition) is 0. The third kappa shape index (κ3) is 55.6. The molecule has 0 aliphatic heterocycles. The quantitative estimate of drug-likeness (QED) is 0.0262. The van der Waals surface area contributed by atoms with E-state index in [-0.39, 0.29) is 50.4 Å². The van der Waals surface area contributed by atoms with Crippen LogP contribution in [0.5, 0.6) is 0 Å². The van der Waals surface area contributed by atoms with Crippen LogP contribution in [0.15, 0.2) is 170 Å². The van der Waals surface area contributed by atoms with Crippen LogP contribution in [0.2, 0.25) is 0 Å². The highest BCUT2D eigenvalue weighted by Crippen LogP contribution is 2.10. The van der Waals surface area contributed by atoms with Gasteiger partial charge in [0, 0.05) is 19.3 Å². The van der Waals surface area contributed by atoms with Crippen LogP contribution in [-0.4, -0.2) is 37.2 Å². The van der Waals surface area contributed by atoms with Gasteiger partial charge in [-0.05, 0) is 135 Å². The maximum atomic E-state index is 12.8. The van der Waals surface area contributed by atoms with Crippen LogP contribution in [-0.2, 0) is 28.6 Å². The number of ether oxygens (including phenoxy) is 3. The Balaban J connectivity index is 4.67. The van der Waals surface area contributed by atoms with Crippen molar-refractivity contribution in [3.05, 3.63) is 170 Å². The predicted octanol–water partition coefficient (Wildman–Crippen LogP) is 18.8. The third-order valence-corrected chi connectivity index (χ3v) is 10.7. The fourth-order valence-electron chi connectivity index (χ4n) is 6.63. The molecule has 0 heterocycles. The van der Waals surface area contributed by atoms with Crippen molar-refractivity contribution in [2.45, 2.75) is 207 Å². The summed E-state index contributed by atoms with van der Waals surface area (Å²) in [6.07, 6.45) is 85.0. The topological polar surface area (TPSA) is 78.9 Å². The molecule has 394 valence electrons. The van der Waals surface area contributed by atoms with Gasteiger partial charge in [-0.2, -0.15) is 0 Å². The molecule has 0 aromatic rings. The normalized spacial score (nSPS) is 13.5. The second kappa shape index (κ2) is 57.3. The molecule has 0 fully saturated rings. The first-order valence-corrected chi connectivity index (χ1v) is 27.6. The molecule has 0 spiro atoms. The minimum atomic E-state index is -0.854. The molecule has 0 saturated carbocycles. The first kappa shape index (κ1) is 65.8. The van der Waals surface area contributed by atoms with Crippen molar-refractivity contribution in [2.75, 3.05) is 13.2 Å². The largest absolute Gasteiger partial charge is 0.462 e. The molecule has 0 aromatic carbocycles. The third-order valence-electron chi connectivity index (χ3n) is 10.7. The number of carbonyl (C=O) groups is 3. The molecular weight excluding hydrogens is 877 g/mol. The van der Waals surface area contributed by atoms with E-state index in [1.165, 1.54) is 25.7 Å². The molecule has 6 heteroatoms. The van der Waals surface area contributed by atoms with Crippen LogP contribution in [0.3, 0.4) is 0 Å². The average molecular weight is 975 g/mol. The van der Waals surface area contributed by atoms with Crippen LogP contribution in [0.4, 0.5) is 0 Å². The van der Waals surface area contributed by atoms with Gasteiger partial charge in [-0.1, -0.05) is 217 Å². The minimum absolute atomic E-state index is 0.149. The van der Waals surface area contributed by atoms with Crippen molar-refractivity contribution >= 4 is 17.9 Å². The van der Waals surface area contributed by atoms with Gasteiger partial charge in [0.1, 0.15) is 13.2 Å². The summed E-state index contributed by atoms with van der Waals surface area (Å²) in [5, 5.41) is 0. The van der Waals surface area contributed by atoms with E-state index >= 15 is 0 Å². The van der Waals surface area contributed by atoms with E-state index in [0.29, 0.717) is 19.3 Å². The van der Waals surface area contributed by atoms with E-state index in [2.05, 4.69) is 179 Å². The highest BCUT2D eigenvalue weighted by Gasteiger charge is 2.19. The van der Waals surface area contributed by atoms with Crippen molar-refractivity contribution in [2.24, 2.45) is 0 Å². The van der Waals surface area contributed by atoms with Crippen LogP contribution in [0.25, 0.3) is 0 Å². The molecule has 0 saturated heterocycles. The second-order valence-corrected chi connectivity index (χ2v) is 17.4. The Bertz CT molecular complexity index is 1690. The number of esters is 3. The van der Waals surface area contributed by atoms with Crippen molar-refractivity contribution in [1.82, 2.24) is 0 Å². The van der Waals surface area contributed by atoms with Gasteiger partial charge in [-0.25, -0.2) is 0 Å². The molecule has 6 nitrogen and oxygen atoms in total. The molecule has 1 atom stereocenters. The van der Waals surface area contributed by atoms with Gasteiger partial charge in [0.15, 0.2) is 6.10 Å². The SMILES string of the molecule is CC/C=C\C/C=C\C/C=C\C/C=C\C/C=C\C/C=C\CCC(=O)OC[C@H](COC(=O)CCC/C=C\C/C=C\C/C=C\C/C=C\CCCCC)OC(=O)CCCCCC/C=C\C/C=C\C/C=C\C/C=C\CC. The smallest absolute Gasteiger partial charge is 0.306 e. The monoisotopic (exact) mass is 975 g/mol. The van der Waals surface area contributed by atoms with Crippen LogP contribution < -0.4 is 0 Å². The van der Waals surface area contributed by atoms with Gasteiger partial charge in [0.2, 0.25) is 0 Å². The first-order valence-electron chi connectivity index (χ1n) is 27.6. The van der Waals surface area contributed by atoms with Crippen molar-refractivity contribution < 1.29 is 28.6 Å². The lowest BCUT2D eigenvalue weighted by molar-refractivity contribution is -0.166. The summed E-state index contributed by atoms with van der Waals surface area (Å²) in [7, 11) is 0. The van der Waals surface area contributed by atoms with Gasteiger partial charge >= 0.3 is 17.9 Å². The molecule has 0 bridgehead atoms. The highest BCUT2D eigenvalue weighted by molar-refractivity contribution is 5.71. The number of unbranched alkanes of at least 4 members (excludes halogenated alkanes) is 8. The number of hydrogen-bond acceptors (Lipinski definition) is 6. The number of rotatable bonds is 47. The van der Waals surface area contributed by atoms with Crippen molar-refractivity contribution in [1.29, 1.82) is 0 Å². The fourth-order valence-corrected chi connectivity index (χ4v) is 6.63. The fraction of sp³-hybridized carbons (Fsp3) is 0.523. The zero-order valence-electron chi connectivity index (χ0n) is 44.9. The van der Waals surface area contributed by atoms with Gasteiger partial charge in [0.25, 0.3) is 0 Å². The predicted molar refractivity (Wildman–Crippen MR) is 306 cm³/mol. The van der Waals surface area contributed by atoms with Crippen molar-refractivity contribution in [3.63, 3.8) is 0 Å². The Morgan fingerprint density at radius 2 is 0.592 bits per heavy atom. The van der Waals surface area contributed by atoms with Crippen LogP contribution in [0.1, 0.15) is 201 Å². The lowest BCUT2D eigenvalue weighted by atomic mass is 10.1. The molecule has 71 heavy (non-hydrogen) atoms. The van der Waals surface area contributed by atoms with E-state index in [0.717, 1.165) is 116 Å². The van der Waals surface area contributed by atoms with E-state index in [4.69, 9.17) is 14.2 Å². The highest BCUT2D eigenvalue weighted by atomic mass is 16.6. The zero-order valence-corrected chi connectivity index (χ0v) is 44.9. The Morgan fingerprint density at radius 3 is 0.972 bits per heavy atom. The van der Waals surface area contributed by atoms with Gasteiger partial charge in [-0.3, -0.25) is 14.4 Å². The summed E-state index contributed by atoms with van der Waals surface area (Å²) >= 11 is 0. The second-order valence-electron chi connectivity index (χ2n) is 17.4. The molecule has 0 amide bonds. The molecular formula is C65H98O6. The van der Waals surface area contributed by atoms with Crippen LogP contribution in [0, 0.1) is 0 Å². The molecule has 0 unspecified atom stereocenters. The van der Waals surface area contributed by atoms with Crippen molar-refractivity contribution in [3.8, 4) is 0 Å². The van der Waals surface area contributed by atoms with E-state index in [1.807, 2.05) is 12.2 Å². The van der Waals surface area contributed by atoms with E-state index in [1.54, 1.807) is 0 Å². The van der Waals surface area contributed by atoms with Gasteiger partial charge in [0.05, 0.1) is 0 Å². The molecule has 0 aliphatic carbocycles. The molecule has 0 N–H and O–H groups in total. The van der Waals surface area contributed by atoms with E-state index in [9.17, 15) is 14.4 Å². The maximum absolute atomic E-state index is 12.8. The summed E-state index contributed by atoms with van der Waals surface area (Å²) in [5.74, 6) is -1.12. The molecule has 0 rings (SSSR count). The zero-order chi connectivity index (χ0) is 51.4. The maximum Gasteiger partial charge on any atom is 0.306 e. The van der Waals surface area contributed by atoms with Gasteiger partial charge in [-0.15, -0.1) is 0 Å². The molecule has 0 aromatic heterocycles. The average Bonchev–Trinajstić information content (AvgIpc) is 3.37. The number of allylic oxidation sites excluding steroid dienone is 28. The summed E-state index contributed by atoms with van der Waals surface area (Å²) in [6.45, 7) is 6.22. The van der Waals surface area contributed by atoms with Gasteiger partial charge < -0.3 is 14.2 Å². The minimum Gasteiger partial charge on any atom is -0.462 e. The number of carbonyl (C=O) groups excluding carboxylic acids is 3. The Morgan fingerprint density at radius 1 is 0.296 bits per heavy atom. The summed E-state index contributed by atoms with van der Waals surface area (Å²) in [5.41, 5.74) is 0. The van der Waals surface area contributed by atoms with E-state index < -0.39 is 6.10 Å². The Kier molecular flexibility index (Phi) is 53.1. The lowest BCUT2D eigenvalue weighted by Crippen LogP contribution is -2.30. The summed E-state index contributed by atoms with van der Waals surface area (Å²) < 4.78 is 16.7. The summed E-state index contributed by atoms with van der Waals surface area (Å²) in [6, 6.07) is 0. The first-order chi connectivity index (χ1) is 35.0. The molecule has 0 radical (unpaired) electrons. The standard InChI is InChI=1S/C65H98O6/c1-4-7-10-13-16-19-22-25-28-31-32-35-37-40-43-46-49-52-55-58-64(67)70-61-62(71-65(68)59-56-53-50-47-44-41-38-34-30-27-24-21-18-15-12-9-6-3)60-69-63(66)57-54-51-48-45-42-39-36-33-29-26-23-20-17-14-11-8-5-2/h7,9-10,12,16-21,25-30,32,35-36,38-41,43,45,48-49,52,62H,4-6,8,11,13-15,22-24,31,33-34,37,42,44,46-47,50-51,53-61H2,1-3H3/b10-7-,12-9-,19-16-,20-17-,21-18-,28-25-,29-26-,30-27-,35-32-,39-36-,41-38-,43-40-,48-45-,52-49-/t62-/m0/s1. The summed E-state index contributed by atoms with van der Waals surface area (Å²) in [4.78, 5) is 38.1.